The molecule has 3 heterocycles. The summed E-state index contributed by atoms with van der Waals surface area (Å²) in [6.07, 6.45) is 1.58. The van der Waals surface area contributed by atoms with Crippen LogP contribution in [0.5, 0.6) is 0 Å². The molecule has 144 valence electrons. The molecule has 0 unspecified atom stereocenters. The van der Waals surface area contributed by atoms with Gasteiger partial charge in [-0.3, -0.25) is 4.79 Å². The molecule has 2 aromatic heterocycles. The van der Waals surface area contributed by atoms with Gasteiger partial charge in [0.1, 0.15) is 11.3 Å². The SMILES string of the molecule is CC1=CN(C)C(=O)[C@]1(O)C#Cc1cccc(-c2ccc3nc(C)nc(N)c3n2)c1. The molecule has 0 spiro atoms. The number of nitrogens with zero attached hydrogens (tertiary/aromatic N) is 4. The van der Waals surface area contributed by atoms with E-state index in [4.69, 9.17) is 5.73 Å². The summed E-state index contributed by atoms with van der Waals surface area (Å²) < 4.78 is 0. The fraction of sp³-hybridized carbons (Fsp3) is 0.182. The van der Waals surface area contributed by atoms with Gasteiger partial charge in [0.2, 0.25) is 5.60 Å². The molecule has 0 saturated heterocycles. The van der Waals surface area contributed by atoms with Crippen molar-refractivity contribution in [1.82, 2.24) is 19.9 Å². The molecule has 7 heteroatoms. The van der Waals surface area contributed by atoms with Crippen LogP contribution in [-0.4, -0.2) is 43.5 Å². The lowest BCUT2D eigenvalue weighted by Crippen LogP contribution is -2.39. The summed E-state index contributed by atoms with van der Waals surface area (Å²) in [4.78, 5) is 26.7. The Morgan fingerprint density at radius 3 is 2.66 bits per heavy atom. The average molecular weight is 385 g/mol. The number of carbonyl (C=O) groups excluding carboxylic acids is 1. The summed E-state index contributed by atoms with van der Waals surface area (Å²) >= 11 is 0. The third-order valence-corrected chi connectivity index (χ3v) is 4.81. The predicted octanol–water partition coefficient (Wildman–Crippen LogP) is 2.04. The van der Waals surface area contributed by atoms with Crippen LogP contribution in [-0.2, 0) is 4.79 Å². The number of carbonyl (C=O) groups is 1. The van der Waals surface area contributed by atoms with E-state index >= 15 is 0 Å². The van der Waals surface area contributed by atoms with Crippen molar-refractivity contribution >= 4 is 22.8 Å². The number of nitrogens with two attached hydrogens (primary N) is 1. The molecule has 1 aliphatic heterocycles. The highest BCUT2D eigenvalue weighted by Gasteiger charge is 2.43. The Hall–Kier alpha value is -3.76. The summed E-state index contributed by atoms with van der Waals surface area (Å²) in [5.74, 6) is 6.09. The minimum absolute atomic E-state index is 0.332. The van der Waals surface area contributed by atoms with Crippen molar-refractivity contribution in [2.45, 2.75) is 19.4 Å². The molecular weight excluding hydrogens is 366 g/mol. The van der Waals surface area contributed by atoms with Crippen LogP contribution < -0.4 is 5.73 Å². The first kappa shape index (κ1) is 18.6. The number of nitrogen functional groups attached to an aromatic ring is 1. The van der Waals surface area contributed by atoms with Gasteiger partial charge in [-0.2, -0.15) is 0 Å². The lowest BCUT2D eigenvalue weighted by molar-refractivity contribution is -0.136. The third-order valence-electron chi connectivity index (χ3n) is 4.81. The van der Waals surface area contributed by atoms with Gasteiger partial charge in [-0.05, 0) is 49.6 Å². The van der Waals surface area contributed by atoms with Gasteiger partial charge in [0.05, 0.1) is 11.2 Å². The number of rotatable bonds is 1. The highest BCUT2D eigenvalue weighted by atomic mass is 16.3. The molecule has 0 fully saturated rings. The van der Waals surface area contributed by atoms with E-state index in [-0.39, 0.29) is 0 Å². The molecule has 0 radical (unpaired) electrons. The number of pyridine rings is 1. The van der Waals surface area contributed by atoms with E-state index in [0.29, 0.717) is 39.5 Å². The molecule has 1 atom stereocenters. The molecule has 7 nitrogen and oxygen atoms in total. The smallest absolute Gasteiger partial charge is 0.275 e. The van der Waals surface area contributed by atoms with Gasteiger partial charge in [0.25, 0.3) is 5.91 Å². The highest BCUT2D eigenvalue weighted by molar-refractivity contribution is 5.95. The van der Waals surface area contributed by atoms with Gasteiger partial charge in [-0.25, -0.2) is 15.0 Å². The number of likely N-dealkylation sites (N-methyl/N-ethyl adjacent to an activating group) is 1. The minimum atomic E-state index is -1.80. The maximum absolute atomic E-state index is 12.2. The number of hydrogen-bond acceptors (Lipinski definition) is 6. The monoisotopic (exact) mass is 385 g/mol. The molecule has 1 amide bonds. The van der Waals surface area contributed by atoms with Crippen molar-refractivity contribution in [2.75, 3.05) is 12.8 Å². The second-order valence-electron chi connectivity index (χ2n) is 6.99. The van der Waals surface area contributed by atoms with Gasteiger partial charge in [-0.1, -0.05) is 18.1 Å². The van der Waals surface area contributed by atoms with Crippen molar-refractivity contribution in [3.8, 4) is 23.1 Å². The number of anilines is 1. The molecule has 0 saturated carbocycles. The van der Waals surface area contributed by atoms with Crippen LogP contribution in [0.1, 0.15) is 18.3 Å². The zero-order valence-corrected chi connectivity index (χ0v) is 16.3. The van der Waals surface area contributed by atoms with Crippen molar-refractivity contribution in [1.29, 1.82) is 0 Å². The van der Waals surface area contributed by atoms with E-state index in [9.17, 15) is 9.90 Å². The van der Waals surface area contributed by atoms with Crippen LogP contribution >= 0.6 is 0 Å². The maximum Gasteiger partial charge on any atom is 0.275 e. The largest absolute Gasteiger partial charge is 0.382 e. The van der Waals surface area contributed by atoms with Crippen molar-refractivity contribution in [2.24, 2.45) is 0 Å². The first-order valence-corrected chi connectivity index (χ1v) is 9.01. The van der Waals surface area contributed by atoms with Gasteiger partial charge in [0, 0.05) is 24.4 Å². The van der Waals surface area contributed by atoms with Crippen molar-refractivity contribution in [3.05, 3.63) is 59.6 Å². The zero-order valence-electron chi connectivity index (χ0n) is 16.3. The van der Waals surface area contributed by atoms with E-state index in [1.807, 2.05) is 36.4 Å². The number of hydrogen-bond donors (Lipinski definition) is 2. The van der Waals surface area contributed by atoms with Crippen molar-refractivity contribution < 1.29 is 9.90 Å². The predicted molar refractivity (Wildman–Crippen MR) is 110 cm³/mol. The molecule has 4 rings (SSSR count). The highest BCUT2D eigenvalue weighted by Crippen LogP contribution is 2.26. The number of aryl methyl sites for hydroxylation is 1. The number of aliphatic hydroxyl groups is 1. The number of amides is 1. The lowest BCUT2D eigenvalue weighted by atomic mass is 9.97. The third kappa shape index (κ3) is 3.20. The fourth-order valence-corrected chi connectivity index (χ4v) is 3.26. The van der Waals surface area contributed by atoms with Crippen LogP contribution in [0.25, 0.3) is 22.3 Å². The minimum Gasteiger partial charge on any atom is -0.382 e. The summed E-state index contributed by atoms with van der Waals surface area (Å²) in [6.45, 7) is 3.46. The Bertz CT molecular complexity index is 1260. The molecule has 1 aliphatic rings. The molecule has 0 bridgehead atoms. The number of fused-ring (bicyclic) bond motifs is 1. The van der Waals surface area contributed by atoms with Crippen LogP contribution in [0.2, 0.25) is 0 Å². The first-order valence-electron chi connectivity index (χ1n) is 9.01. The van der Waals surface area contributed by atoms with Crippen LogP contribution in [0, 0.1) is 18.8 Å². The average Bonchev–Trinajstić information content (AvgIpc) is 2.89. The number of aromatic nitrogens is 3. The summed E-state index contributed by atoms with van der Waals surface area (Å²) in [5, 5.41) is 10.6. The molecular formula is C22H19N5O2. The molecule has 3 aromatic rings. The standard InChI is InChI=1S/C22H19N5O2/c1-13-12-27(3)21(28)22(13,29)10-9-15-5-4-6-16(11-15)17-7-8-18-19(26-17)20(23)25-14(2)24-18/h4-8,11-12,29H,1-3H3,(H2,23,24,25)/t22-/m0/s1. The number of benzene rings is 1. The summed E-state index contributed by atoms with van der Waals surface area (Å²) in [5.41, 5.74) is 8.10. The van der Waals surface area contributed by atoms with E-state index in [0.717, 1.165) is 5.56 Å². The fourth-order valence-electron chi connectivity index (χ4n) is 3.26. The molecule has 0 aliphatic carbocycles. The van der Waals surface area contributed by atoms with Gasteiger partial charge < -0.3 is 15.7 Å². The summed E-state index contributed by atoms with van der Waals surface area (Å²) in [7, 11) is 1.59. The maximum atomic E-state index is 12.2. The second kappa shape index (κ2) is 6.69. The van der Waals surface area contributed by atoms with Crippen LogP contribution in [0.4, 0.5) is 5.82 Å². The van der Waals surface area contributed by atoms with E-state index in [1.54, 1.807) is 27.1 Å². The molecule has 3 N–H and O–H groups in total. The normalized spacial score (nSPS) is 18.6. The first-order chi connectivity index (χ1) is 13.8. The van der Waals surface area contributed by atoms with Gasteiger partial charge in [-0.15, -0.1) is 0 Å². The van der Waals surface area contributed by atoms with E-state index < -0.39 is 11.5 Å². The summed E-state index contributed by atoms with van der Waals surface area (Å²) in [6, 6.07) is 11.1. The Balaban J connectivity index is 1.72. The Morgan fingerprint density at radius 2 is 1.93 bits per heavy atom. The zero-order chi connectivity index (χ0) is 20.8. The Labute approximate surface area is 167 Å². The Kier molecular flexibility index (Phi) is 4.29. The lowest BCUT2D eigenvalue weighted by Gasteiger charge is -2.16. The second-order valence-corrected chi connectivity index (χ2v) is 6.99. The Morgan fingerprint density at radius 1 is 1.14 bits per heavy atom. The van der Waals surface area contributed by atoms with Gasteiger partial charge in [0.15, 0.2) is 5.82 Å². The van der Waals surface area contributed by atoms with Crippen molar-refractivity contribution in [3.63, 3.8) is 0 Å². The van der Waals surface area contributed by atoms with Crippen LogP contribution in [0.3, 0.4) is 0 Å². The van der Waals surface area contributed by atoms with Crippen LogP contribution in [0.15, 0.2) is 48.2 Å². The quantitative estimate of drug-likeness (QED) is 0.621. The topological polar surface area (TPSA) is 105 Å². The van der Waals surface area contributed by atoms with Gasteiger partial charge >= 0.3 is 0 Å². The van der Waals surface area contributed by atoms with E-state index in [2.05, 4.69) is 26.8 Å². The van der Waals surface area contributed by atoms with E-state index in [1.165, 1.54) is 4.90 Å². The molecule has 29 heavy (non-hydrogen) atoms. The molecule has 1 aromatic carbocycles.